The van der Waals surface area contributed by atoms with Gasteiger partial charge >= 0.3 is 0 Å². The third kappa shape index (κ3) is 2.19. The van der Waals surface area contributed by atoms with Crippen LogP contribution < -0.4 is 5.56 Å². The molecule has 0 fully saturated rings. The lowest BCUT2D eigenvalue weighted by atomic mass is 9.95. The summed E-state index contributed by atoms with van der Waals surface area (Å²) in [5.41, 5.74) is 1.49. The molecule has 0 saturated carbocycles. The fourth-order valence-electron chi connectivity index (χ4n) is 6.38. The zero-order valence-corrected chi connectivity index (χ0v) is 23.8. The second-order valence-corrected chi connectivity index (χ2v) is 13.0. The standard InChI is InChI=1S/C27H9I2N3O2S2/c28-35-15-7-12-21-19-10(15)3-1-9-2-4-11-16(36-29)8-13(22(21)20(11)18(9)19)24-23(12)26-31-25-14(32(26)27(24)34)5-6-17(33)30-25/h1-8H,(H,30,33). The molecular weight excluding hydrogens is 716 g/mol. The lowest BCUT2D eigenvalue weighted by Gasteiger charge is -2.10. The Morgan fingerprint density at radius 2 is 1.31 bits per heavy atom. The van der Waals surface area contributed by atoms with Crippen LogP contribution in [0.4, 0.5) is 0 Å². The second kappa shape index (κ2) is 6.74. The van der Waals surface area contributed by atoms with E-state index in [0.717, 1.165) is 21.1 Å². The SMILES string of the molecule is O=c1c2c3cc(SI)c4ccc5ccc6c(SI)cc(c7c6c5c4c37)c2c2nc3nc(O)ccc3n12. The van der Waals surface area contributed by atoms with E-state index in [4.69, 9.17) is 4.98 Å². The van der Waals surface area contributed by atoms with Crippen molar-refractivity contribution in [3.63, 3.8) is 0 Å². The molecular formula is C27H9I2N3O2S2. The highest BCUT2D eigenvalue weighted by atomic mass is 127. The van der Waals surface area contributed by atoms with Crippen molar-refractivity contribution in [1.29, 1.82) is 0 Å². The van der Waals surface area contributed by atoms with Gasteiger partial charge in [-0.25, -0.2) is 4.98 Å². The highest BCUT2D eigenvalue weighted by molar-refractivity contribution is 14.2. The molecule has 0 aliphatic heterocycles. The van der Waals surface area contributed by atoms with Crippen molar-refractivity contribution in [1.82, 2.24) is 14.4 Å². The molecule has 9 rings (SSSR count). The third-order valence-corrected chi connectivity index (χ3v) is 11.5. The van der Waals surface area contributed by atoms with Crippen LogP contribution in [-0.4, -0.2) is 19.5 Å². The van der Waals surface area contributed by atoms with Crippen molar-refractivity contribution in [2.24, 2.45) is 0 Å². The minimum Gasteiger partial charge on any atom is -0.493 e. The molecule has 6 aromatic carbocycles. The number of aromatic nitrogens is 3. The summed E-state index contributed by atoms with van der Waals surface area (Å²) in [6.45, 7) is 0. The molecule has 0 aliphatic carbocycles. The molecule has 0 saturated heterocycles. The average Bonchev–Trinajstić information content (AvgIpc) is 3.53. The van der Waals surface area contributed by atoms with E-state index in [9.17, 15) is 9.90 Å². The maximum atomic E-state index is 14.2. The number of halogens is 2. The molecule has 0 unspecified atom stereocenters. The van der Waals surface area contributed by atoms with Gasteiger partial charge in [-0.05, 0) is 72.1 Å². The molecule has 5 nitrogen and oxygen atoms in total. The summed E-state index contributed by atoms with van der Waals surface area (Å²) in [6, 6.07) is 16.5. The van der Waals surface area contributed by atoms with Gasteiger partial charge in [0.2, 0.25) is 5.88 Å². The Kier molecular flexibility index (Phi) is 3.87. The first-order valence-electron chi connectivity index (χ1n) is 11.1. The minimum atomic E-state index is -0.105. The summed E-state index contributed by atoms with van der Waals surface area (Å²) in [7, 11) is 3.38. The number of benzene rings is 5. The van der Waals surface area contributed by atoms with Crippen LogP contribution in [0.15, 0.2) is 63.1 Å². The molecule has 9 heteroatoms. The summed E-state index contributed by atoms with van der Waals surface area (Å²) in [5, 5.41) is 23.4. The molecule has 3 aromatic heterocycles. The highest BCUT2D eigenvalue weighted by Gasteiger charge is 2.29. The molecule has 0 atom stereocenters. The van der Waals surface area contributed by atoms with E-state index < -0.39 is 0 Å². The number of hydrogen-bond acceptors (Lipinski definition) is 6. The van der Waals surface area contributed by atoms with E-state index in [2.05, 4.69) is 83.8 Å². The number of nitrogens with zero attached hydrogens (tertiary/aromatic N) is 3. The average molecular weight is 725 g/mol. The zero-order chi connectivity index (χ0) is 24.0. The maximum Gasteiger partial charge on any atom is 0.265 e. The van der Waals surface area contributed by atoms with E-state index in [0.29, 0.717) is 22.2 Å². The largest absolute Gasteiger partial charge is 0.493 e. The van der Waals surface area contributed by atoms with Crippen molar-refractivity contribution in [2.75, 3.05) is 0 Å². The molecule has 0 aliphatic rings. The van der Waals surface area contributed by atoms with Crippen molar-refractivity contribution >= 4 is 142 Å². The summed E-state index contributed by atoms with van der Waals surface area (Å²) < 4.78 is 1.67. The highest BCUT2D eigenvalue weighted by Crippen LogP contribution is 2.55. The van der Waals surface area contributed by atoms with E-state index in [1.807, 2.05) is 0 Å². The van der Waals surface area contributed by atoms with Gasteiger partial charge in [0.1, 0.15) is 0 Å². The van der Waals surface area contributed by atoms with Crippen molar-refractivity contribution in [2.45, 2.75) is 9.79 Å². The van der Waals surface area contributed by atoms with E-state index in [-0.39, 0.29) is 11.4 Å². The van der Waals surface area contributed by atoms with E-state index in [1.54, 1.807) is 28.3 Å². The van der Waals surface area contributed by atoms with Gasteiger partial charge in [0.25, 0.3) is 5.56 Å². The summed E-state index contributed by atoms with van der Waals surface area (Å²) in [6.07, 6.45) is 0. The zero-order valence-electron chi connectivity index (χ0n) is 17.9. The van der Waals surface area contributed by atoms with Gasteiger partial charge in [-0.3, -0.25) is 9.20 Å². The normalized spacial score (nSPS) is 13.2. The first-order valence-corrected chi connectivity index (χ1v) is 17.8. The lowest BCUT2D eigenvalue weighted by Crippen LogP contribution is -2.06. The Morgan fingerprint density at radius 1 is 0.694 bits per heavy atom. The van der Waals surface area contributed by atoms with Gasteiger partial charge in [-0.1, -0.05) is 42.1 Å². The Labute approximate surface area is 233 Å². The van der Waals surface area contributed by atoms with Crippen molar-refractivity contribution in [3.8, 4) is 5.88 Å². The van der Waals surface area contributed by atoms with Crippen LogP contribution in [0.25, 0.3) is 81.4 Å². The van der Waals surface area contributed by atoms with Gasteiger partial charge in [-0.15, -0.1) is 0 Å². The minimum absolute atomic E-state index is 0.0902. The van der Waals surface area contributed by atoms with Gasteiger partial charge < -0.3 is 5.11 Å². The fraction of sp³-hybridized carbons (Fsp3) is 0. The molecule has 36 heavy (non-hydrogen) atoms. The molecule has 0 bridgehead atoms. The molecule has 0 spiro atoms. The molecule has 0 amide bonds. The monoisotopic (exact) mass is 725 g/mol. The van der Waals surface area contributed by atoms with Gasteiger partial charge in [0, 0.05) is 63.7 Å². The fourth-order valence-corrected chi connectivity index (χ4v) is 9.40. The smallest absolute Gasteiger partial charge is 0.265 e. The molecule has 9 aromatic rings. The second-order valence-electron chi connectivity index (χ2n) is 9.16. The van der Waals surface area contributed by atoms with Gasteiger partial charge in [0.05, 0.1) is 10.9 Å². The first kappa shape index (κ1) is 20.7. The summed E-state index contributed by atoms with van der Waals surface area (Å²) in [5.74, 6) is -0.105. The first-order chi connectivity index (χ1) is 17.6. The van der Waals surface area contributed by atoms with E-state index >= 15 is 0 Å². The number of imidazole rings is 1. The number of fused-ring (bicyclic) bond motifs is 7. The maximum absolute atomic E-state index is 14.2. The number of aromatic hydroxyl groups is 1. The summed E-state index contributed by atoms with van der Waals surface area (Å²) in [4.78, 5) is 25.5. The van der Waals surface area contributed by atoms with Crippen LogP contribution in [0, 0.1) is 0 Å². The number of hydrogen-bond donors (Lipinski definition) is 1. The lowest BCUT2D eigenvalue weighted by molar-refractivity contribution is 0.455. The van der Waals surface area contributed by atoms with Crippen molar-refractivity contribution in [3.05, 3.63) is 58.9 Å². The van der Waals surface area contributed by atoms with Gasteiger partial charge in [-0.2, -0.15) is 4.98 Å². The van der Waals surface area contributed by atoms with Crippen LogP contribution in [0.3, 0.4) is 0 Å². The predicted octanol–water partition coefficient (Wildman–Crippen LogP) is 8.50. The third-order valence-electron chi connectivity index (χ3n) is 7.66. The Bertz CT molecular complexity index is 2430. The quantitative estimate of drug-likeness (QED) is 0.143. The summed E-state index contributed by atoms with van der Waals surface area (Å²) >= 11 is 4.69. The predicted molar refractivity (Wildman–Crippen MR) is 168 cm³/mol. The van der Waals surface area contributed by atoms with Crippen molar-refractivity contribution < 1.29 is 5.11 Å². The molecule has 0 radical (unpaired) electrons. The molecule has 3 heterocycles. The van der Waals surface area contributed by atoms with E-state index in [1.165, 1.54) is 54.1 Å². The van der Waals surface area contributed by atoms with Crippen LogP contribution in [0.2, 0.25) is 0 Å². The van der Waals surface area contributed by atoms with Crippen LogP contribution in [-0.2, 0) is 0 Å². The Morgan fingerprint density at radius 3 is 1.94 bits per heavy atom. The Balaban J connectivity index is 1.73. The molecule has 1 N–H and O–H groups in total. The van der Waals surface area contributed by atoms with Gasteiger partial charge in [0.15, 0.2) is 11.3 Å². The Hall–Kier alpha value is -2.35. The van der Waals surface area contributed by atoms with Crippen LogP contribution >= 0.6 is 60.3 Å². The van der Waals surface area contributed by atoms with Crippen LogP contribution in [0.1, 0.15) is 0 Å². The topological polar surface area (TPSA) is 67.5 Å². The molecule has 170 valence electrons. The number of pyridine rings is 1. The number of rotatable bonds is 2. The van der Waals surface area contributed by atoms with Crippen LogP contribution in [0.5, 0.6) is 5.88 Å².